The molecular formula is C13H20N6S. The lowest BCUT2D eigenvalue weighted by Gasteiger charge is -2.21. The maximum Gasteiger partial charge on any atom is 0.148 e. The van der Waals surface area contributed by atoms with Crippen molar-refractivity contribution in [3.63, 3.8) is 0 Å². The highest BCUT2D eigenvalue weighted by Gasteiger charge is 2.14. The van der Waals surface area contributed by atoms with E-state index in [0.29, 0.717) is 5.82 Å². The summed E-state index contributed by atoms with van der Waals surface area (Å²) in [6.45, 7) is 6.72. The third kappa shape index (κ3) is 3.05. The molecule has 0 aromatic carbocycles. The number of anilines is 2. The Hall–Kier alpha value is -1.73. The van der Waals surface area contributed by atoms with Crippen molar-refractivity contribution in [1.29, 1.82) is 0 Å². The molecule has 0 spiro atoms. The van der Waals surface area contributed by atoms with Crippen LogP contribution in [0.15, 0.2) is 5.38 Å². The second-order valence-electron chi connectivity index (χ2n) is 4.65. The normalized spacial score (nSPS) is 10.7. The minimum Gasteiger partial charge on any atom is -0.353 e. The summed E-state index contributed by atoms with van der Waals surface area (Å²) >= 11 is 1.66. The van der Waals surface area contributed by atoms with Gasteiger partial charge in [0.15, 0.2) is 0 Å². The van der Waals surface area contributed by atoms with Crippen LogP contribution < -0.4 is 16.2 Å². The van der Waals surface area contributed by atoms with Crippen LogP contribution in [0.3, 0.4) is 0 Å². The molecule has 2 rings (SSSR count). The van der Waals surface area contributed by atoms with Crippen LogP contribution in [0.25, 0.3) is 0 Å². The summed E-state index contributed by atoms with van der Waals surface area (Å²) in [5.74, 6) is 7.87. The Morgan fingerprint density at radius 2 is 2.05 bits per heavy atom. The Labute approximate surface area is 123 Å². The van der Waals surface area contributed by atoms with E-state index in [2.05, 4.69) is 30.7 Å². The van der Waals surface area contributed by atoms with Gasteiger partial charge in [-0.3, -0.25) is 0 Å². The number of thiazole rings is 1. The van der Waals surface area contributed by atoms with Crippen molar-refractivity contribution in [2.75, 3.05) is 17.4 Å². The number of nitrogens with one attached hydrogen (secondary N) is 1. The van der Waals surface area contributed by atoms with Crippen LogP contribution in [0.1, 0.15) is 29.0 Å². The number of hydrogen-bond acceptors (Lipinski definition) is 7. The summed E-state index contributed by atoms with van der Waals surface area (Å²) in [5, 5.41) is 3.15. The standard InChI is InChI=1S/C13H20N6S/c1-5-11-16-12(18-14)8(2)13(17-11)19(4)6-10-7-20-9(3)15-10/h7H,5-6,14H2,1-4H3,(H,16,17,18). The molecule has 3 N–H and O–H groups in total. The van der Waals surface area contributed by atoms with Gasteiger partial charge in [0.1, 0.15) is 17.5 Å². The number of hydrazine groups is 1. The average molecular weight is 292 g/mol. The Bertz CT molecular complexity index is 595. The third-order valence-corrected chi connectivity index (χ3v) is 3.87. The molecule has 0 aliphatic rings. The van der Waals surface area contributed by atoms with Crippen molar-refractivity contribution in [2.45, 2.75) is 33.7 Å². The molecule has 0 atom stereocenters. The highest BCUT2D eigenvalue weighted by Crippen LogP contribution is 2.24. The SMILES string of the molecule is CCc1nc(NN)c(C)c(N(C)Cc2csc(C)n2)n1. The number of aryl methyl sites for hydroxylation is 2. The minimum absolute atomic E-state index is 0.674. The molecule has 0 fully saturated rings. The van der Waals surface area contributed by atoms with Crippen molar-refractivity contribution < 1.29 is 0 Å². The zero-order valence-electron chi connectivity index (χ0n) is 12.3. The van der Waals surface area contributed by atoms with Gasteiger partial charge < -0.3 is 10.3 Å². The lowest BCUT2D eigenvalue weighted by Crippen LogP contribution is -2.22. The second-order valence-corrected chi connectivity index (χ2v) is 5.71. The number of nitrogens with two attached hydrogens (primary N) is 1. The summed E-state index contributed by atoms with van der Waals surface area (Å²) in [6.07, 6.45) is 0.769. The van der Waals surface area contributed by atoms with Crippen molar-refractivity contribution >= 4 is 23.0 Å². The highest BCUT2D eigenvalue weighted by molar-refractivity contribution is 7.09. The summed E-state index contributed by atoms with van der Waals surface area (Å²) in [7, 11) is 2.00. The van der Waals surface area contributed by atoms with Crippen LogP contribution in [-0.2, 0) is 13.0 Å². The lowest BCUT2D eigenvalue weighted by molar-refractivity contribution is 0.834. The first-order valence-electron chi connectivity index (χ1n) is 6.51. The molecule has 0 saturated heterocycles. The minimum atomic E-state index is 0.674. The van der Waals surface area contributed by atoms with Crippen molar-refractivity contribution in [1.82, 2.24) is 15.0 Å². The molecule has 2 aromatic heterocycles. The maximum absolute atomic E-state index is 5.53. The zero-order chi connectivity index (χ0) is 14.7. The molecule has 2 heterocycles. The van der Waals surface area contributed by atoms with Crippen molar-refractivity contribution in [2.24, 2.45) is 5.84 Å². The van der Waals surface area contributed by atoms with Crippen molar-refractivity contribution in [3.8, 4) is 0 Å². The van der Waals surface area contributed by atoms with E-state index in [9.17, 15) is 0 Å². The van der Waals surface area contributed by atoms with Gasteiger partial charge in [0.2, 0.25) is 0 Å². The van der Waals surface area contributed by atoms with Crippen LogP contribution in [0, 0.1) is 13.8 Å². The van der Waals surface area contributed by atoms with E-state index < -0.39 is 0 Å². The van der Waals surface area contributed by atoms with Gasteiger partial charge in [-0.25, -0.2) is 20.8 Å². The van der Waals surface area contributed by atoms with E-state index in [1.54, 1.807) is 11.3 Å². The van der Waals surface area contributed by atoms with E-state index in [-0.39, 0.29) is 0 Å². The summed E-state index contributed by atoms with van der Waals surface area (Å²) in [5.41, 5.74) is 4.63. The number of nitrogens with zero attached hydrogens (tertiary/aromatic N) is 4. The quantitative estimate of drug-likeness (QED) is 0.648. The molecule has 0 amide bonds. The van der Waals surface area contributed by atoms with Gasteiger partial charge in [0.05, 0.1) is 17.2 Å². The van der Waals surface area contributed by atoms with Crippen LogP contribution >= 0.6 is 11.3 Å². The number of aromatic nitrogens is 3. The average Bonchev–Trinajstić information content (AvgIpc) is 2.84. The van der Waals surface area contributed by atoms with E-state index >= 15 is 0 Å². The van der Waals surface area contributed by atoms with Gasteiger partial charge in [-0.05, 0) is 13.8 Å². The molecule has 0 unspecified atom stereocenters. The molecule has 0 aliphatic carbocycles. The van der Waals surface area contributed by atoms with Crippen LogP contribution in [0.2, 0.25) is 0 Å². The maximum atomic E-state index is 5.53. The first kappa shape index (κ1) is 14.7. The van der Waals surface area contributed by atoms with Crippen LogP contribution in [0.4, 0.5) is 11.6 Å². The van der Waals surface area contributed by atoms with Gasteiger partial charge in [-0.15, -0.1) is 11.3 Å². The Morgan fingerprint density at radius 3 is 2.60 bits per heavy atom. The fourth-order valence-corrected chi connectivity index (χ4v) is 2.62. The Kier molecular flexibility index (Phi) is 4.51. The predicted molar refractivity (Wildman–Crippen MR) is 82.9 cm³/mol. The first-order chi connectivity index (χ1) is 9.55. The van der Waals surface area contributed by atoms with Gasteiger partial charge >= 0.3 is 0 Å². The predicted octanol–water partition coefficient (Wildman–Crippen LogP) is 2.03. The van der Waals surface area contributed by atoms with E-state index in [1.165, 1.54) is 0 Å². The highest BCUT2D eigenvalue weighted by atomic mass is 32.1. The fourth-order valence-electron chi connectivity index (χ4n) is 2.02. The van der Waals surface area contributed by atoms with Crippen LogP contribution in [-0.4, -0.2) is 22.0 Å². The van der Waals surface area contributed by atoms with Crippen LogP contribution in [0.5, 0.6) is 0 Å². The number of nitrogen functional groups attached to an aromatic ring is 1. The molecule has 0 saturated carbocycles. The van der Waals surface area contributed by atoms with E-state index in [0.717, 1.165) is 40.9 Å². The molecule has 108 valence electrons. The van der Waals surface area contributed by atoms with Crippen molar-refractivity contribution in [3.05, 3.63) is 27.5 Å². The van der Waals surface area contributed by atoms with Gasteiger partial charge in [0.25, 0.3) is 0 Å². The van der Waals surface area contributed by atoms with E-state index in [1.807, 2.05) is 27.8 Å². The number of rotatable bonds is 5. The molecule has 2 aromatic rings. The summed E-state index contributed by atoms with van der Waals surface area (Å²) < 4.78 is 0. The fraction of sp³-hybridized carbons (Fsp3) is 0.462. The lowest BCUT2D eigenvalue weighted by atomic mass is 10.2. The molecule has 0 aliphatic heterocycles. The first-order valence-corrected chi connectivity index (χ1v) is 7.39. The molecule has 0 bridgehead atoms. The summed E-state index contributed by atoms with van der Waals surface area (Å²) in [6, 6.07) is 0. The van der Waals surface area contributed by atoms with Gasteiger partial charge in [-0.1, -0.05) is 6.92 Å². The topological polar surface area (TPSA) is 80.0 Å². The monoisotopic (exact) mass is 292 g/mol. The molecule has 0 radical (unpaired) electrons. The second kappa shape index (κ2) is 6.15. The summed E-state index contributed by atoms with van der Waals surface area (Å²) in [4.78, 5) is 15.5. The third-order valence-electron chi connectivity index (χ3n) is 3.05. The Balaban J connectivity index is 2.30. The smallest absolute Gasteiger partial charge is 0.148 e. The molecular weight excluding hydrogens is 272 g/mol. The Morgan fingerprint density at radius 1 is 1.30 bits per heavy atom. The van der Waals surface area contributed by atoms with E-state index in [4.69, 9.17) is 5.84 Å². The number of hydrogen-bond donors (Lipinski definition) is 2. The van der Waals surface area contributed by atoms with Gasteiger partial charge in [-0.2, -0.15) is 0 Å². The zero-order valence-corrected chi connectivity index (χ0v) is 13.1. The van der Waals surface area contributed by atoms with Gasteiger partial charge in [0, 0.05) is 24.4 Å². The largest absolute Gasteiger partial charge is 0.353 e. The molecule has 20 heavy (non-hydrogen) atoms. The molecule has 6 nitrogen and oxygen atoms in total. The molecule has 7 heteroatoms.